The number of fused-ring (bicyclic) bond motifs is 1. The Morgan fingerprint density at radius 3 is 2.96 bits per heavy atom. The Labute approximate surface area is 154 Å². The molecule has 0 saturated carbocycles. The zero-order chi connectivity index (χ0) is 19.8. The number of rotatable bonds is 3. The van der Waals surface area contributed by atoms with E-state index in [2.05, 4.69) is 16.6 Å². The number of nitrogens with one attached hydrogen (secondary N) is 2. The van der Waals surface area contributed by atoms with E-state index < -0.39 is 27.8 Å². The number of sulfonamides is 1. The Kier molecular flexibility index (Phi) is 4.73. The SMILES string of the molecule is C=C[C@@H]1COc2c(cn(C)c2C(=O)Nc2ccc(F)c(C#N)c2)S(=O)(=O)N1. The predicted octanol–water partition coefficient (Wildman–Crippen LogP) is 1.51. The molecule has 0 unspecified atom stereocenters. The van der Waals surface area contributed by atoms with Gasteiger partial charge in [0.25, 0.3) is 5.91 Å². The van der Waals surface area contributed by atoms with Crippen LogP contribution >= 0.6 is 0 Å². The summed E-state index contributed by atoms with van der Waals surface area (Å²) in [6.45, 7) is 3.51. The maximum absolute atomic E-state index is 13.4. The second kappa shape index (κ2) is 6.86. The van der Waals surface area contributed by atoms with Crippen LogP contribution in [0.15, 0.2) is 41.9 Å². The number of aryl methyl sites for hydroxylation is 1. The number of nitriles is 1. The number of carbonyl (C=O) groups is 1. The highest BCUT2D eigenvalue weighted by Crippen LogP contribution is 2.32. The summed E-state index contributed by atoms with van der Waals surface area (Å²) in [4.78, 5) is 12.5. The summed E-state index contributed by atoms with van der Waals surface area (Å²) in [5, 5.41) is 11.4. The number of aromatic nitrogens is 1. The Hall–Kier alpha value is -3.16. The topological polar surface area (TPSA) is 113 Å². The molecule has 1 atom stereocenters. The molecule has 3 rings (SSSR count). The molecule has 1 aliphatic heterocycles. The molecule has 140 valence electrons. The fourth-order valence-corrected chi connectivity index (χ4v) is 4.02. The molecule has 2 aromatic rings. The molecule has 0 radical (unpaired) electrons. The van der Waals surface area contributed by atoms with Crippen molar-refractivity contribution in [3.05, 3.63) is 54.1 Å². The number of amides is 1. The van der Waals surface area contributed by atoms with Crippen molar-refractivity contribution >= 4 is 21.6 Å². The van der Waals surface area contributed by atoms with Crippen molar-refractivity contribution in [2.24, 2.45) is 7.05 Å². The second-order valence-corrected chi connectivity index (χ2v) is 7.50. The van der Waals surface area contributed by atoms with Crippen LogP contribution < -0.4 is 14.8 Å². The third-order valence-corrected chi connectivity index (χ3v) is 5.43. The van der Waals surface area contributed by atoms with Crippen molar-refractivity contribution in [3.63, 3.8) is 0 Å². The standard InChI is InChI=1S/C17H15FN4O4S/c1-3-11-9-26-16-14(27(24,25)21-11)8-22(2)15(16)17(23)20-12-4-5-13(18)10(6-12)7-19/h3-6,8,11,21H,1,9H2,2H3,(H,20,23)/t11-/m1/s1. The van der Waals surface area contributed by atoms with Gasteiger partial charge in [0.1, 0.15) is 23.4 Å². The summed E-state index contributed by atoms with van der Waals surface area (Å²) >= 11 is 0. The molecular weight excluding hydrogens is 375 g/mol. The normalized spacial score (nSPS) is 17.7. The Morgan fingerprint density at radius 2 is 2.30 bits per heavy atom. The molecule has 1 amide bonds. The van der Waals surface area contributed by atoms with Crippen LogP contribution in [0.5, 0.6) is 5.75 Å². The maximum Gasteiger partial charge on any atom is 0.276 e. The minimum absolute atomic E-state index is 0.0251. The van der Waals surface area contributed by atoms with Gasteiger partial charge in [0.05, 0.1) is 11.6 Å². The first-order chi connectivity index (χ1) is 12.8. The van der Waals surface area contributed by atoms with Crippen molar-refractivity contribution in [1.29, 1.82) is 5.26 Å². The van der Waals surface area contributed by atoms with Crippen LogP contribution in [-0.2, 0) is 17.1 Å². The minimum Gasteiger partial charge on any atom is -0.488 e. The molecule has 1 aromatic heterocycles. The van der Waals surface area contributed by atoms with E-state index in [9.17, 15) is 17.6 Å². The van der Waals surface area contributed by atoms with Crippen LogP contribution in [-0.4, -0.2) is 31.5 Å². The third-order valence-electron chi connectivity index (χ3n) is 3.95. The fraction of sp³-hybridized carbons (Fsp3) is 0.176. The number of hydrogen-bond donors (Lipinski definition) is 2. The van der Waals surface area contributed by atoms with Gasteiger partial charge in [0.2, 0.25) is 10.0 Å². The highest BCUT2D eigenvalue weighted by Gasteiger charge is 2.33. The monoisotopic (exact) mass is 390 g/mol. The van der Waals surface area contributed by atoms with Crippen molar-refractivity contribution in [3.8, 4) is 11.8 Å². The molecule has 1 aliphatic rings. The second-order valence-electron chi connectivity index (χ2n) is 5.82. The molecule has 8 nitrogen and oxygen atoms in total. The van der Waals surface area contributed by atoms with Gasteiger partial charge in [0.15, 0.2) is 11.4 Å². The molecule has 0 fully saturated rings. The average molecular weight is 390 g/mol. The number of anilines is 1. The maximum atomic E-state index is 13.4. The van der Waals surface area contributed by atoms with E-state index in [-0.39, 0.29) is 34.2 Å². The van der Waals surface area contributed by atoms with Crippen molar-refractivity contribution in [2.45, 2.75) is 10.9 Å². The summed E-state index contributed by atoms with van der Waals surface area (Å²) in [6.07, 6.45) is 2.66. The molecule has 27 heavy (non-hydrogen) atoms. The highest BCUT2D eigenvalue weighted by atomic mass is 32.2. The summed E-state index contributed by atoms with van der Waals surface area (Å²) in [5.74, 6) is -1.46. The summed E-state index contributed by atoms with van der Waals surface area (Å²) in [6, 6.07) is 4.57. The third kappa shape index (κ3) is 3.42. The molecule has 2 N–H and O–H groups in total. The van der Waals surface area contributed by atoms with E-state index in [4.69, 9.17) is 10.00 Å². The predicted molar refractivity (Wildman–Crippen MR) is 94.3 cm³/mol. The van der Waals surface area contributed by atoms with Gasteiger partial charge >= 0.3 is 0 Å². The molecule has 0 saturated heterocycles. The Morgan fingerprint density at radius 1 is 1.56 bits per heavy atom. The summed E-state index contributed by atoms with van der Waals surface area (Å²) in [7, 11) is -2.41. The number of ether oxygens (including phenoxy) is 1. The van der Waals surface area contributed by atoms with E-state index in [1.165, 1.54) is 36.0 Å². The fourth-order valence-electron chi connectivity index (χ4n) is 2.64. The lowest BCUT2D eigenvalue weighted by Gasteiger charge is -2.12. The van der Waals surface area contributed by atoms with E-state index in [0.717, 1.165) is 6.07 Å². The molecule has 2 heterocycles. The van der Waals surface area contributed by atoms with Gasteiger partial charge in [-0.2, -0.15) is 5.26 Å². The lowest BCUT2D eigenvalue weighted by atomic mass is 10.2. The summed E-state index contributed by atoms with van der Waals surface area (Å²) in [5.41, 5.74) is -0.0650. The van der Waals surface area contributed by atoms with E-state index in [1.54, 1.807) is 6.07 Å². The number of benzene rings is 1. The molecular formula is C17H15FN4O4S. The Balaban J connectivity index is 1.99. The van der Waals surface area contributed by atoms with E-state index >= 15 is 0 Å². The zero-order valence-corrected chi connectivity index (χ0v) is 15.0. The number of halogens is 1. The van der Waals surface area contributed by atoms with Crippen LogP contribution in [0.1, 0.15) is 16.1 Å². The zero-order valence-electron chi connectivity index (χ0n) is 14.2. The van der Waals surface area contributed by atoms with Crippen LogP contribution in [0.2, 0.25) is 0 Å². The molecule has 0 bridgehead atoms. The van der Waals surface area contributed by atoms with Crippen LogP contribution in [0.25, 0.3) is 0 Å². The van der Waals surface area contributed by atoms with E-state index in [1.807, 2.05) is 0 Å². The van der Waals surface area contributed by atoms with Gasteiger partial charge in [-0.25, -0.2) is 17.5 Å². The van der Waals surface area contributed by atoms with Gasteiger partial charge in [0, 0.05) is 18.9 Å². The minimum atomic E-state index is -3.90. The molecule has 0 spiro atoms. The molecule has 10 heteroatoms. The first-order valence-electron chi connectivity index (χ1n) is 7.75. The number of carbonyl (C=O) groups excluding carboxylic acids is 1. The molecule has 0 aliphatic carbocycles. The van der Waals surface area contributed by atoms with Crippen molar-refractivity contribution in [2.75, 3.05) is 11.9 Å². The van der Waals surface area contributed by atoms with Gasteiger partial charge < -0.3 is 14.6 Å². The van der Waals surface area contributed by atoms with E-state index in [0.29, 0.717) is 0 Å². The highest BCUT2D eigenvalue weighted by molar-refractivity contribution is 7.89. The Bertz CT molecular complexity index is 1090. The van der Waals surface area contributed by atoms with Gasteiger partial charge in [-0.05, 0) is 18.2 Å². The molecule has 1 aromatic carbocycles. The average Bonchev–Trinajstić information content (AvgIpc) is 2.91. The summed E-state index contributed by atoms with van der Waals surface area (Å²) < 4.78 is 47.7. The van der Waals surface area contributed by atoms with Crippen molar-refractivity contribution in [1.82, 2.24) is 9.29 Å². The van der Waals surface area contributed by atoms with Crippen LogP contribution in [0, 0.1) is 17.1 Å². The van der Waals surface area contributed by atoms with Gasteiger partial charge in [-0.1, -0.05) is 6.08 Å². The number of nitrogens with zero attached hydrogens (tertiary/aromatic N) is 2. The lowest BCUT2D eigenvalue weighted by molar-refractivity contribution is 0.101. The van der Waals surface area contributed by atoms with Gasteiger partial charge in [-0.3, -0.25) is 4.79 Å². The number of hydrogen-bond acceptors (Lipinski definition) is 5. The largest absolute Gasteiger partial charge is 0.488 e. The van der Waals surface area contributed by atoms with Crippen LogP contribution in [0.3, 0.4) is 0 Å². The van der Waals surface area contributed by atoms with Crippen LogP contribution in [0.4, 0.5) is 10.1 Å². The quantitative estimate of drug-likeness (QED) is 0.772. The van der Waals surface area contributed by atoms with Crippen molar-refractivity contribution < 1.29 is 22.3 Å². The first kappa shape index (κ1) is 18.6. The lowest BCUT2D eigenvalue weighted by Crippen LogP contribution is -2.35. The first-order valence-corrected chi connectivity index (χ1v) is 9.23. The smallest absolute Gasteiger partial charge is 0.276 e. The van der Waals surface area contributed by atoms with Gasteiger partial charge in [-0.15, -0.1) is 6.58 Å².